The molecule has 2 heterocycles. The average Bonchev–Trinajstić information content (AvgIpc) is 3.29. The van der Waals surface area contributed by atoms with Crippen molar-refractivity contribution in [2.24, 2.45) is 5.92 Å². The summed E-state index contributed by atoms with van der Waals surface area (Å²) in [6, 6.07) is 14.9. The van der Waals surface area contributed by atoms with Crippen LogP contribution in [0.4, 0.5) is 11.4 Å². The Hall–Kier alpha value is -3.48. The van der Waals surface area contributed by atoms with E-state index >= 15 is 0 Å². The van der Waals surface area contributed by atoms with Crippen LogP contribution in [0.2, 0.25) is 0 Å². The third-order valence-corrected chi connectivity index (χ3v) is 4.75. The van der Waals surface area contributed by atoms with E-state index < -0.39 is 5.92 Å². The molecule has 0 radical (unpaired) electrons. The number of amides is 2. The van der Waals surface area contributed by atoms with Gasteiger partial charge < -0.3 is 14.7 Å². The standard InChI is InChI=1S/C21H20N4O3/c1-13-6-8-18(9-7-13)25-12-16(11-19(25)26)20(27)23-17-5-3-4-15(10-17)21-22-14(2)24-28-21/h3-10,16H,11-12H2,1-2H3,(H,23,27). The molecular weight excluding hydrogens is 356 g/mol. The summed E-state index contributed by atoms with van der Waals surface area (Å²) >= 11 is 0. The van der Waals surface area contributed by atoms with Gasteiger partial charge >= 0.3 is 0 Å². The number of aromatic nitrogens is 2. The Morgan fingerprint density at radius 3 is 2.68 bits per heavy atom. The van der Waals surface area contributed by atoms with Crippen molar-refractivity contribution in [3.63, 3.8) is 0 Å². The zero-order valence-electron chi connectivity index (χ0n) is 15.7. The first-order valence-electron chi connectivity index (χ1n) is 9.08. The molecule has 142 valence electrons. The molecule has 7 nitrogen and oxygen atoms in total. The fourth-order valence-electron chi connectivity index (χ4n) is 3.25. The minimum absolute atomic E-state index is 0.0425. The molecule has 1 N–H and O–H groups in total. The van der Waals surface area contributed by atoms with Gasteiger partial charge in [0.05, 0.1) is 5.92 Å². The predicted molar refractivity (Wildman–Crippen MR) is 105 cm³/mol. The molecule has 0 saturated carbocycles. The monoisotopic (exact) mass is 376 g/mol. The van der Waals surface area contributed by atoms with Gasteiger partial charge in [0.1, 0.15) is 0 Å². The molecule has 2 amide bonds. The Morgan fingerprint density at radius 2 is 1.96 bits per heavy atom. The lowest BCUT2D eigenvalue weighted by Gasteiger charge is -2.17. The molecule has 0 aliphatic carbocycles. The van der Waals surface area contributed by atoms with Gasteiger partial charge in [-0.05, 0) is 44.2 Å². The van der Waals surface area contributed by atoms with Gasteiger partial charge in [-0.2, -0.15) is 4.98 Å². The summed E-state index contributed by atoms with van der Waals surface area (Å²) in [5.74, 6) is 0.323. The third kappa shape index (κ3) is 3.64. The van der Waals surface area contributed by atoms with Gasteiger partial charge in [0.15, 0.2) is 5.82 Å². The molecule has 1 aliphatic heterocycles. The molecule has 4 rings (SSSR count). The number of nitrogens with one attached hydrogen (secondary N) is 1. The molecule has 28 heavy (non-hydrogen) atoms. The second kappa shape index (κ2) is 7.26. The van der Waals surface area contributed by atoms with Crippen molar-refractivity contribution < 1.29 is 14.1 Å². The molecule has 1 aliphatic rings. The quantitative estimate of drug-likeness (QED) is 0.754. The number of carbonyl (C=O) groups is 2. The molecule has 1 aromatic heterocycles. The van der Waals surface area contributed by atoms with Crippen LogP contribution < -0.4 is 10.2 Å². The number of nitrogens with zero attached hydrogens (tertiary/aromatic N) is 3. The molecule has 1 atom stereocenters. The van der Waals surface area contributed by atoms with Crippen LogP contribution in [0.15, 0.2) is 53.1 Å². The smallest absolute Gasteiger partial charge is 0.257 e. The first-order chi connectivity index (χ1) is 13.5. The van der Waals surface area contributed by atoms with Gasteiger partial charge in [0.2, 0.25) is 11.8 Å². The van der Waals surface area contributed by atoms with Crippen molar-refractivity contribution in [1.29, 1.82) is 0 Å². The van der Waals surface area contributed by atoms with E-state index in [9.17, 15) is 9.59 Å². The van der Waals surface area contributed by atoms with E-state index in [1.165, 1.54) is 0 Å². The second-order valence-corrected chi connectivity index (χ2v) is 6.96. The van der Waals surface area contributed by atoms with E-state index in [1.807, 2.05) is 43.3 Å². The molecule has 7 heteroatoms. The Bertz CT molecular complexity index is 1030. The van der Waals surface area contributed by atoms with Crippen molar-refractivity contribution in [2.45, 2.75) is 20.3 Å². The minimum Gasteiger partial charge on any atom is -0.334 e. The van der Waals surface area contributed by atoms with E-state index in [2.05, 4.69) is 15.5 Å². The maximum Gasteiger partial charge on any atom is 0.257 e. The highest BCUT2D eigenvalue weighted by molar-refractivity contribution is 6.03. The Kier molecular flexibility index (Phi) is 4.65. The number of anilines is 2. The predicted octanol–water partition coefficient (Wildman–Crippen LogP) is 3.35. The normalized spacial score (nSPS) is 16.4. The lowest BCUT2D eigenvalue weighted by Crippen LogP contribution is -2.28. The van der Waals surface area contributed by atoms with Crippen LogP contribution in [-0.2, 0) is 9.59 Å². The Balaban J connectivity index is 1.46. The topological polar surface area (TPSA) is 88.3 Å². The highest BCUT2D eigenvalue weighted by atomic mass is 16.5. The molecule has 0 bridgehead atoms. The van der Waals surface area contributed by atoms with E-state index in [1.54, 1.807) is 24.0 Å². The molecule has 2 aromatic carbocycles. The van der Waals surface area contributed by atoms with Crippen LogP contribution in [0.3, 0.4) is 0 Å². The lowest BCUT2D eigenvalue weighted by atomic mass is 10.1. The Labute approximate surface area is 162 Å². The summed E-state index contributed by atoms with van der Waals surface area (Å²) < 4.78 is 5.17. The van der Waals surface area contributed by atoms with E-state index in [0.717, 1.165) is 16.8 Å². The average molecular weight is 376 g/mol. The molecule has 0 spiro atoms. The summed E-state index contributed by atoms with van der Waals surface area (Å²) in [4.78, 5) is 31.0. The highest BCUT2D eigenvalue weighted by Crippen LogP contribution is 2.27. The van der Waals surface area contributed by atoms with Crippen LogP contribution >= 0.6 is 0 Å². The fraction of sp³-hybridized carbons (Fsp3) is 0.238. The minimum atomic E-state index is -0.400. The van der Waals surface area contributed by atoms with E-state index in [-0.39, 0.29) is 18.2 Å². The van der Waals surface area contributed by atoms with Crippen LogP contribution in [0.1, 0.15) is 17.8 Å². The van der Waals surface area contributed by atoms with Gasteiger partial charge in [-0.25, -0.2) is 0 Å². The first kappa shape index (κ1) is 17.9. The SMILES string of the molecule is Cc1ccc(N2CC(C(=O)Nc3cccc(-c4nc(C)no4)c3)CC2=O)cc1. The van der Waals surface area contributed by atoms with Crippen molar-refractivity contribution in [3.05, 3.63) is 59.9 Å². The van der Waals surface area contributed by atoms with E-state index in [0.29, 0.717) is 23.9 Å². The van der Waals surface area contributed by atoms with Crippen molar-refractivity contribution in [3.8, 4) is 11.5 Å². The van der Waals surface area contributed by atoms with Crippen molar-refractivity contribution >= 4 is 23.2 Å². The molecule has 3 aromatic rings. The van der Waals surface area contributed by atoms with Gasteiger partial charge in [-0.3, -0.25) is 9.59 Å². The van der Waals surface area contributed by atoms with Crippen LogP contribution in [0, 0.1) is 19.8 Å². The van der Waals surface area contributed by atoms with Gasteiger partial charge in [0.25, 0.3) is 5.89 Å². The van der Waals surface area contributed by atoms with Crippen molar-refractivity contribution in [2.75, 3.05) is 16.8 Å². The third-order valence-electron chi connectivity index (χ3n) is 4.75. The van der Waals surface area contributed by atoms with Gasteiger partial charge in [-0.15, -0.1) is 0 Å². The maximum atomic E-state index is 12.7. The molecule has 1 fully saturated rings. The van der Waals surface area contributed by atoms with Crippen LogP contribution in [0.25, 0.3) is 11.5 Å². The summed E-state index contributed by atoms with van der Waals surface area (Å²) in [6.07, 6.45) is 0.197. The lowest BCUT2D eigenvalue weighted by molar-refractivity contribution is -0.122. The van der Waals surface area contributed by atoms with Gasteiger partial charge in [0, 0.05) is 29.9 Å². The van der Waals surface area contributed by atoms with Gasteiger partial charge in [-0.1, -0.05) is 28.9 Å². The first-order valence-corrected chi connectivity index (χ1v) is 9.08. The number of hydrogen-bond donors (Lipinski definition) is 1. The maximum absolute atomic E-state index is 12.7. The number of carbonyl (C=O) groups excluding carboxylic acids is 2. The Morgan fingerprint density at radius 1 is 1.18 bits per heavy atom. The van der Waals surface area contributed by atoms with Crippen molar-refractivity contribution in [1.82, 2.24) is 10.1 Å². The van der Waals surface area contributed by atoms with E-state index in [4.69, 9.17) is 4.52 Å². The summed E-state index contributed by atoms with van der Waals surface area (Å²) in [5, 5.41) is 6.68. The molecule has 1 saturated heterocycles. The largest absolute Gasteiger partial charge is 0.334 e. The number of benzene rings is 2. The molecular formula is C21H20N4O3. The van der Waals surface area contributed by atoms with Crippen LogP contribution in [0.5, 0.6) is 0 Å². The van der Waals surface area contributed by atoms with Crippen LogP contribution in [-0.4, -0.2) is 28.5 Å². The summed E-state index contributed by atoms with van der Waals surface area (Å²) in [7, 11) is 0. The fourth-order valence-corrected chi connectivity index (χ4v) is 3.25. The zero-order chi connectivity index (χ0) is 19.7. The zero-order valence-corrected chi connectivity index (χ0v) is 15.7. The molecule has 1 unspecified atom stereocenters. The summed E-state index contributed by atoms with van der Waals surface area (Å²) in [5.41, 5.74) is 3.29. The number of aryl methyl sites for hydroxylation is 2. The summed E-state index contributed by atoms with van der Waals surface area (Å²) in [6.45, 7) is 4.11. The number of rotatable bonds is 4. The highest BCUT2D eigenvalue weighted by Gasteiger charge is 2.35. The number of hydrogen-bond acceptors (Lipinski definition) is 5. The second-order valence-electron chi connectivity index (χ2n) is 6.96.